The van der Waals surface area contributed by atoms with Crippen molar-refractivity contribution in [3.63, 3.8) is 0 Å². The number of anilines is 1. The van der Waals surface area contributed by atoms with E-state index in [1.165, 1.54) is 25.6 Å². The largest absolute Gasteiger partial charge is 0.355 e. The molecule has 1 aromatic carbocycles. The number of fused-ring (bicyclic) bond motifs is 1. The monoisotopic (exact) mass is 446 g/mol. The SMILES string of the molecule is COC(CN(C)S(=O)(=O)c1cc(Br)cc2c1N(C(=O)C1CC1)CC2)OC. The molecule has 0 aromatic heterocycles. The first kappa shape index (κ1) is 19.8. The van der Waals surface area contributed by atoms with Crippen LogP contribution in [0.5, 0.6) is 0 Å². The maximum absolute atomic E-state index is 13.2. The maximum Gasteiger partial charge on any atom is 0.245 e. The average Bonchev–Trinajstić information content (AvgIpc) is 3.38. The second-order valence-corrected chi connectivity index (χ2v) is 9.54. The number of ether oxygens (including phenoxy) is 2. The van der Waals surface area contributed by atoms with E-state index < -0.39 is 16.3 Å². The van der Waals surface area contributed by atoms with Crippen molar-refractivity contribution in [2.24, 2.45) is 5.92 Å². The Labute approximate surface area is 162 Å². The van der Waals surface area contributed by atoms with E-state index in [0.29, 0.717) is 23.1 Å². The number of sulfonamides is 1. The number of likely N-dealkylation sites (N-methyl/N-ethyl adjacent to an activating group) is 1. The molecule has 0 spiro atoms. The predicted octanol–water partition coefficient (Wildman–Crippen LogP) is 1.99. The lowest BCUT2D eigenvalue weighted by Crippen LogP contribution is -2.37. The van der Waals surface area contributed by atoms with Crippen LogP contribution in [0.1, 0.15) is 18.4 Å². The Morgan fingerprint density at radius 1 is 1.35 bits per heavy atom. The summed E-state index contributed by atoms with van der Waals surface area (Å²) in [7, 11) is 0.577. The van der Waals surface area contributed by atoms with Gasteiger partial charge in [-0.3, -0.25) is 4.79 Å². The minimum Gasteiger partial charge on any atom is -0.355 e. The van der Waals surface area contributed by atoms with E-state index in [0.717, 1.165) is 18.4 Å². The van der Waals surface area contributed by atoms with Gasteiger partial charge in [0.15, 0.2) is 6.29 Å². The Morgan fingerprint density at radius 2 is 2.00 bits per heavy atom. The molecule has 0 saturated heterocycles. The molecule has 0 unspecified atom stereocenters. The molecule has 1 fully saturated rings. The van der Waals surface area contributed by atoms with Gasteiger partial charge in [-0.05, 0) is 37.0 Å². The van der Waals surface area contributed by atoms with Crippen LogP contribution in [0.15, 0.2) is 21.5 Å². The van der Waals surface area contributed by atoms with Crippen LogP contribution >= 0.6 is 15.9 Å². The number of benzene rings is 1. The number of carbonyl (C=O) groups is 1. The quantitative estimate of drug-likeness (QED) is 0.598. The molecule has 7 nitrogen and oxygen atoms in total. The Morgan fingerprint density at radius 3 is 2.58 bits per heavy atom. The molecule has 1 aromatic rings. The third-order valence-corrected chi connectivity index (χ3v) is 7.10. The second kappa shape index (κ2) is 7.55. The second-order valence-electron chi connectivity index (χ2n) is 6.61. The molecule has 0 atom stereocenters. The van der Waals surface area contributed by atoms with Crippen LogP contribution in [-0.2, 0) is 30.7 Å². The third-order valence-electron chi connectivity index (χ3n) is 4.81. The highest BCUT2D eigenvalue weighted by Gasteiger charge is 2.40. The van der Waals surface area contributed by atoms with Gasteiger partial charge in [0.1, 0.15) is 4.90 Å². The Hall–Kier alpha value is -1.00. The fourth-order valence-electron chi connectivity index (χ4n) is 3.16. The summed E-state index contributed by atoms with van der Waals surface area (Å²) in [5, 5.41) is 0. The van der Waals surface area contributed by atoms with Crippen molar-refractivity contribution < 1.29 is 22.7 Å². The van der Waals surface area contributed by atoms with Gasteiger partial charge in [-0.1, -0.05) is 15.9 Å². The molecule has 1 aliphatic carbocycles. The summed E-state index contributed by atoms with van der Waals surface area (Å²) in [6.07, 6.45) is 1.75. The first-order chi connectivity index (χ1) is 12.3. The number of halogens is 1. The number of amides is 1. The van der Waals surface area contributed by atoms with Crippen LogP contribution in [0.3, 0.4) is 0 Å². The van der Waals surface area contributed by atoms with Crippen molar-refractivity contribution in [3.8, 4) is 0 Å². The summed E-state index contributed by atoms with van der Waals surface area (Å²) in [5.74, 6) is 0.0566. The number of rotatable bonds is 7. The minimum atomic E-state index is -3.82. The normalized spacial score (nSPS) is 17.2. The van der Waals surface area contributed by atoms with Crippen LogP contribution in [0, 0.1) is 5.92 Å². The number of carbonyl (C=O) groups excluding carboxylic acids is 1. The van der Waals surface area contributed by atoms with Crippen molar-refractivity contribution in [3.05, 3.63) is 22.2 Å². The first-order valence-corrected chi connectivity index (χ1v) is 10.7. The molecule has 9 heteroatoms. The van der Waals surface area contributed by atoms with Crippen molar-refractivity contribution >= 4 is 37.5 Å². The lowest BCUT2D eigenvalue weighted by Gasteiger charge is -2.25. The summed E-state index contributed by atoms with van der Waals surface area (Å²) in [6, 6.07) is 3.46. The van der Waals surface area contributed by atoms with Crippen LogP contribution in [0.25, 0.3) is 0 Å². The van der Waals surface area contributed by atoms with E-state index >= 15 is 0 Å². The van der Waals surface area contributed by atoms with E-state index in [1.807, 2.05) is 6.07 Å². The topological polar surface area (TPSA) is 76.2 Å². The Balaban J connectivity index is 2.00. The molecule has 1 amide bonds. The lowest BCUT2D eigenvalue weighted by molar-refractivity contribution is -0.119. The zero-order valence-electron chi connectivity index (χ0n) is 15.1. The van der Waals surface area contributed by atoms with E-state index in [4.69, 9.17) is 9.47 Å². The number of methoxy groups -OCH3 is 2. The van der Waals surface area contributed by atoms with Gasteiger partial charge in [0.2, 0.25) is 15.9 Å². The first-order valence-electron chi connectivity index (χ1n) is 8.45. The maximum atomic E-state index is 13.2. The Bertz CT molecular complexity index is 806. The van der Waals surface area contributed by atoms with Crippen LogP contribution in [-0.4, -0.2) is 59.3 Å². The highest BCUT2D eigenvalue weighted by Crippen LogP contribution is 2.41. The van der Waals surface area contributed by atoms with Gasteiger partial charge in [0, 0.05) is 38.2 Å². The predicted molar refractivity (Wildman–Crippen MR) is 101 cm³/mol. The van der Waals surface area contributed by atoms with Crippen molar-refractivity contribution in [1.82, 2.24) is 4.31 Å². The molecule has 0 bridgehead atoms. The fraction of sp³-hybridized carbons (Fsp3) is 0.588. The molecule has 0 N–H and O–H groups in total. The highest BCUT2D eigenvalue weighted by atomic mass is 79.9. The summed E-state index contributed by atoms with van der Waals surface area (Å²) in [5.41, 5.74) is 1.39. The van der Waals surface area contributed by atoms with Gasteiger partial charge in [-0.15, -0.1) is 0 Å². The number of hydrogen-bond acceptors (Lipinski definition) is 5. The molecule has 2 aliphatic rings. The van der Waals surface area contributed by atoms with Gasteiger partial charge in [-0.2, -0.15) is 4.31 Å². The minimum absolute atomic E-state index is 0.0248. The van der Waals surface area contributed by atoms with E-state index in [1.54, 1.807) is 11.0 Å². The fourth-order valence-corrected chi connectivity index (χ4v) is 5.23. The average molecular weight is 447 g/mol. The third kappa shape index (κ3) is 3.68. The lowest BCUT2D eigenvalue weighted by atomic mass is 10.2. The summed E-state index contributed by atoms with van der Waals surface area (Å²) in [4.78, 5) is 14.4. The number of hydrogen-bond donors (Lipinski definition) is 0. The summed E-state index contributed by atoms with van der Waals surface area (Å²) in [6.45, 7) is 0.569. The number of nitrogens with zero attached hydrogens (tertiary/aromatic N) is 2. The molecule has 1 saturated carbocycles. The van der Waals surface area contributed by atoms with Crippen LogP contribution < -0.4 is 4.90 Å². The Kier molecular flexibility index (Phi) is 5.74. The zero-order valence-corrected chi connectivity index (χ0v) is 17.5. The zero-order chi connectivity index (χ0) is 19.1. The smallest absolute Gasteiger partial charge is 0.245 e. The molecular weight excluding hydrogens is 424 g/mol. The van der Waals surface area contributed by atoms with Crippen LogP contribution in [0.2, 0.25) is 0 Å². The molecule has 1 heterocycles. The van der Waals surface area contributed by atoms with E-state index in [-0.39, 0.29) is 23.3 Å². The van der Waals surface area contributed by atoms with Gasteiger partial charge >= 0.3 is 0 Å². The highest BCUT2D eigenvalue weighted by molar-refractivity contribution is 9.10. The van der Waals surface area contributed by atoms with Crippen molar-refractivity contribution in [2.45, 2.75) is 30.4 Å². The molecule has 144 valence electrons. The molecule has 3 rings (SSSR count). The molecule has 0 radical (unpaired) electrons. The molecular formula is C17H23BrN2O5S. The van der Waals surface area contributed by atoms with Gasteiger partial charge < -0.3 is 14.4 Å². The van der Waals surface area contributed by atoms with Gasteiger partial charge in [-0.25, -0.2) is 8.42 Å². The standard InChI is InChI=1S/C17H23BrN2O5S/c1-19(10-15(24-2)25-3)26(22,23)14-9-13(18)8-12-6-7-20(16(12)14)17(21)11-4-5-11/h8-9,11,15H,4-7,10H2,1-3H3. The molecule has 26 heavy (non-hydrogen) atoms. The van der Waals surface area contributed by atoms with E-state index in [2.05, 4.69) is 15.9 Å². The van der Waals surface area contributed by atoms with Gasteiger partial charge in [0.05, 0.1) is 12.2 Å². The summed E-state index contributed by atoms with van der Waals surface area (Å²) < 4.78 is 38.5. The summed E-state index contributed by atoms with van der Waals surface area (Å²) >= 11 is 3.40. The van der Waals surface area contributed by atoms with E-state index in [9.17, 15) is 13.2 Å². The van der Waals surface area contributed by atoms with Crippen molar-refractivity contribution in [2.75, 3.05) is 39.3 Å². The molecule has 1 aliphatic heterocycles. The van der Waals surface area contributed by atoms with Crippen LogP contribution in [0.4, 0.5) is 5.69 Å². The van der Waals surface area contributed by atoms with Crippen molar-refractivity contribution in [1.29, 1.82) is 0 Å². The van der Waals surface area contributed by atoms with Gasteiger partial charge in [0.25, 0.3) is 0 Å².